The first-order chi connectivity index (χ1) is 19.3. The van der Waals surface area contributed by atoms with E-state index >= 15 is 0 Å². The smallest absolute Gasteiger partial charge is 0.295 e. The van der Waals surface area contributed by atoms with E-state index in [1.165, 1.54) is 28.6 Å². The number of aliphatic hydroxyl groups excluding tert-OH is 1. The zero-order valence-electron chi connectivity index (χ0n) is 22.9. The summed E-state index contributed by atoms with van der Waals surface area (Å²) in [5.74, 6) is -1.68. The summed E-state index contributed by atoms with van der Waals surface area (Å²) in [5.41, 5.74) is 2.09. The lowest BCUT2D eigenvalue weighted by atomic mass is 9.94. The van der Waals surface area contributed by atoms with E-state index in [0.717, 1.165) is 50.0 Å². The number of nitrogens with zero attached hydrogens (tertiary/aromatic N) is 3. The van der Waals surface area contributed by atoms with Crippen LogP contribution in [0.1, 0.15) is 48.4 Å². The fourth-order valence-electron chi connectivity index (χ4n) is 5.69. The van der Waals surface area contributed by atoms with Crippen LogP contribution in [0.4, 0.5) is 0 Å². The first-order valence-electron chi connectivity index (χ1n) is 14.0. The molecule has 0 bridgehead atoms. The van der Waals surface area contributed by atoms with Gasteiger partial charge in [-0.2, -0.15) is 4.31 Å². The van der Waals surface area contributed by atoms with Gasteiger partial charge in [0.25, 0.3) is 11.7 Å². The number of hydrogen-bond donors (Lipinski definition) is 1. The van der Waals surface area contributed by atoms with Crippen LogP contribution in [0.2, 0.25) is 0 Å². The lowest BCUT2D eigenvalue weighted by Gasteiger charge is -2.29. The molecule has 40 heavy (non-hydrogen) atoms. The molecule has 3 saturated heterocycles. The minimum Gasteiger partial charge on any atom is -0.507 e. The maximum absolute atomic E-state index is 13.3. The number of aryl methyl sites for hydroxylation is 1. The SMILES string of the molecule is Cc1ccc(C2/C(=C(\O)c3ccc(S(=O)(=O)N4CCCCC4)cc3)C(=O)C(=O)N2CCCN2CCOCC2)cc1. The zero-order valence-corrected chi connectivity index (χ0v) is 23.7. The van der Waals surface area contributed by atoms with E-state index in [4.69, 9.17) is 4.74 Å². The van der Waals surface area contributed by atoms with Crippen molar-refractivity contribution in [1.29, 1.82) is 0 Å². The monoisotopic (exact) mass is 567 g/mol. The Bertz CT molecular complexity index is 1360. The number of sulfonamides is 1. The molecule has 0 aliphatic carbocycles. The lowest BCUT2D eigenvalue weighted by Crippen LogP contribution is -2.38. The molecule has 1 N–H and O–H groups in total. The highest BCUT2D eigenvalue weighted by Crippen LogP contribution is 2.39. The van der Waals surface area contributed by atoms with Gasteiger partial charge in [0.2, 0.25) is 10.0 Å². The number of benzene rings is 2. The molecule has 3 fully saturated rings. The number of carbonyl (C=O) groups is 2. The van der Waals surface area contributed by atoms with E-state index in [1.54, 1.807) is 4.90 Å². The summed E-state index contributed by atoms with van der Waals surface area (Å²) < 4.78 is 33.1. The van der Waals surface area contributed by atoms with Crippen LogP contribution in [0.5, 0.6) is 0 Å². The second-order valence-electron chi connectivity index (χ2n) is 10.7. The van der Waals surface area contributed by atoms with Crippen LogP contribution in [0, 0.1) is 6.92 Å². The van der Waals surface area contributed by atoms with Crippen molar-refractivity contribution in [1.82, 2.24) is 14.1 Å². The molecule has 1 unspecified atom stereocenters. The molecule has 0 saturated carbocycles. The third kappa shape index (κ3) is 5.85. The molecule has 3 aliphatic rings. The predicted octanol–water partition coefficient (Wildman–Crippen LogP) is 3.31. The summed E-state index contributed by atoms with van der Waals surface area (Å²) in [5, 5.41) is 11.4. The van der Waals surface area contributed by atoms with E-state index < -0.39 is 27.8 Å². The Labute approximate surface area is 236 Å². The minimum atomic E-state index is -3.63. The van der Waals surface area contributed by atoms with Crippen molar-refractivity contribution in [2.75, 3.05) is 52.5 Å². The Morgan fingerprint density at radius 3 is 2.20 bits per heavy atom. The van der Waals surface area contributed by atoms with Crippen molar-refractivity contribution >= 4 is 27.5 Å². The molecule has 1 atom stereocenters. The van der Waals surface area contributed by atoms with Crippen molar-refractivity contribution < 1.29 is 27.9 Å². The molecule has 2 aromatic rings. The van der Waals surface area contributed by atoms with Crippen LogP contribution in [-0.4, -0.2) is 91.8 Å². The standard InChI is InChI=1S/C30H37N3O6S/c1-22-6-8-23(9-7-22)27-26(29(35)30(36)33(27)17-5-14-31-18-20-39-21-19-31)28(34)24-10-12-25(13-11-24)40(37,38)32-15-3-2-4-16-32/h6-13,27,34H,2-5,14-21H2,1H3/b28-26+. The Balaban J connectivity index is 1.44. The zero-order chi connectivity index (χ0) is 28.3. The molecule has 0 radical (unpaired) electrons. The van der Waals surface area contributed by atoms with E-state index in [9.17, 15) is 23.1 Å². The van der Waals surface area contributed by atoms with Crippen molar-refractivity contribution in [3.8, 4) is 0 Å². The topological polar surface area (TPSA) is 107 Å². The average Bonchev–Trinajstić information content (AvgIpc) is 3.23. The van der Waals surface area contributed by atoms with E-state index in [-0.39, 0.29) is 16.2 Å². The molecule has 0 aromatic heterocycles. The normalized spacial score (nSPS) is 22.6. The Hall–Kier alpha value is -3.05. The second kappa shape index (κ2) is 12.2. The molecule has 5 rings (SSSR count). The number of amides is 1. The summed E-state index contributed by atoms with van der Waals surface area (Å²) in [6.07, 6.45) is 3.37. The summed E-state index contributed by atoms with van der Waals surface area (Å²) >= 11 is 0. The minimum absolute atomic E-state index is 0.0202. The number of morpholine rings is 1. The molecule has 3 aliphatic heterocycles. The number of Topliss-reactive ketones (excluding diaryl/α,β-unsaturated/α-hetero) is 1. The summed E-state index contributed by atoms with van der Waals surface area (Å²) in [6, 6.07) is 12.8. The predicted molar refractivity (Wildman–Crippen MR) is 151 cm³/mol. The highest BCUT2D eigenvalue weighted by Gasteiger charge is 2.45. The van der Waals surface area contributed by atoms with E-state index in [0.29, 0.717) is 44.8 Å². The number of ether oxygens (including phenoxy) is 1. The lowest BCUT2D eigenvalue weighted by molar-refractivity contribution is -0.140. The van der Waals surface area contributed by atoms with Gasteiger partial charge >= 0.3 is 0 Å². The fourth-order valence-corrected chi connectivity index (χ4v) is 7.21. The van der Waals surface area contributed by atoms with E-state index in [2.05, 4.69) is 4.90 Å². The van der Waals surface area contributed by atoms with Gasteiger partial charge in [0.05, 0.1) is 29.7 Å². The number of aliphatic hydroxyl groups is 1. The number of hydrogen-bond acceptors (Lipinski definition) is 7. The molecule has 214 valence electrons. The second-order valence-corrected chi connectivity index (χ2v) is 12.6. The van der Waals surface area contributed by atoms with Crippen LogP contribution in [-0.2, 0) is 24.3 Å². The summed E-state index contributed by atoms with van der Waals surface area (Å²) in [6.45, 7) is 7.14. The number of rotatable bonds is 8. The van der Waals surface area contributed by atoms with Gasteiger partial charge in [-0.05, 0) is 56.0 Å². The third-order valence-corrected chi connectivity index (χ3v) is 9.90. The molecule has 0 spiro atoms. The van der Waals surface area contributed by atoms with E-state index in [1.807, 2.05) is 31.2 Å². The number of carbonyl (C=O) groups excluding carboxylic acids is 2. The maximum Gasteiger partial charge on any atom is 0.295 e. The van der Waals surface area contributed by atoms with Crippen LogP contribution in [0.25, 0.3) is 5.76 Å². The summed E-state index contributed by atoms with van der Waals surface area (Å²) in [7, 11) is -3.63. The Morgan fingerprint density at radius 1 is 0.900 bits per heavy atom. The molecule has 1 amide bonds. The Morgan fingerprint density at radius 2 is 1.55 bits per heavy atom. The molecule has 9 nitrogen and oxygen atoms in total. The van der Waals surface area contributed by atoms with Crippen LogP contribution >= 0.6 is 0 Å². The number of ketones is 1. The van der Waals surface area contributed by atoms with Crippen LogP contribution in [0.3, 0.4) is 0 Å². The third-order valence-electron chi connectivity index (χ3n) is 7.99. The maximum atomic E-state index is 13.3. The quantitative estimate of drug-likeness (QED) is 0.296. The van der Waals surface area contributed by atoms with Gasteiger partial charge < -0.3 is 14.7 Å². The molecule has 10 heteroatoms. The average molecular weight is 568 g/mol. The van der Waals surface area contributed by atoms with Gasteiger partial charge in [-0.15, -0.1) is 0 Å². The Kier molecular flexibility index (Phi) is 8.70. The first-order valence-corrected chi connectivity index (χ1v) is 15.5. The fraction of sp³-hybridized carbons (Fsp3) is 0.467. The van der Waals surface area contributed by atoms with Gasteiger partial charge in [-0.25, -0.2) is 8.42 Å². The summed E-state index contributed by atoms with van der Waals surface area (Å²) in [4.78, 5) is 30.6. The highest BCUT2D eigenvalue weighted by atomic mass is 32.2. The van der Waals surface area contributed by atoms with Crippen molar-refractivity contribution in [3.05, 3.63) is 70.8 Å². The molecule has 2 aromatic carbocycles. The van der Waals surface area contributed by atoms with Gasteiger partial charge in [0, 0.05) is 44.8 Å². The van der Waals surface area contributed by atoms with Gasteiger partial charge in [0.15, 0.2) is 0 Å². The molecular weight excluding hydrogens is 530 g/mol. The van der Waals surface area contributed by atoms with Crippen molar-refractivity contribution in [2.45, 2.75) is 43.5 Å². The van der Waals surface area contributed by atoms with Crippen molar-refractivity contribution in [2.24, 2.45) is 0 Å². The van der Waals surface area contributed by atoms with Gasteiger partial charge in [-0.3, -0.25) is 14.5 Å². The van der Waals surface area contributed by atoms with Crippen LogP contribution in [0.15, 0.2) is 59.0 Å². The van der Waals surface area contributed by atoms with Gasteiger partial charge in [0.1, 0.15) is 5.76 Å². The largest absolute Gasteiger partial charge is 0.507 e. The number of likely N-dealkylation sites (tertiary alicyclic amines) is 1. The highest BCUT2D eigenvalue weighted by molar-refractivity contribution is 7.89. The molecule has 3 heterocycles. The first kappa shape index (κ1) is 28.5. The molecular formula is C30H37N3O6S. The van der Waals surface area contributed by atoms with Gasteiger partial charge in [-0.1, -0.05) is 36.2 Å². The van der Waals surface area contributed by atoms with Crippen molar-refractivity contribution in [3.63, 3.8) is 0 Å². The van der Waals surface area contributed by atoms with Crippen LogP contribution < -0.4 is 0 Å². The number of piperidine rings is 1.